The van der Waals surface area contributed by atoms with E-state index in [9.17, 15) is 18.0 Å². The number of amides is 1. The molecule has 2 aliphatic heterocycles. The van der Waals surface area contributed by atoms with Crippen LogP contribution in [0.5, 0.6) is 0 Å². The average Bonchev–Trinajstić information content (AvgIpc) is 3.08. The van der Waals surface area contributed by atoms with Gasteiger partial charge in [0.15, 0.2) is 11.5 Å². The van der Waals surface area contributed by atoms with Crippen molar-refractivity contribution >= 4 is 11.7 Å². The summed E-state index contributed by atoms with van der Waals surface area (Å²) in [4.78, 5) is 16.2. The second-order valence-corrected chi connectivity index (χ2v) is 6.07. The standard InChI is InChI=1S/C15H19F3N4O/c16-15(17,18)12-3-4-13(20-19-12)21-9-5-11(6-10-21)14(23)22-7-1-2-8-22/h3-4,11H,1-2,5-10H2. The first kappa shape index (κ1) is 16.0. The highest BCUT2D eigenvalue weighted by molar-refractivity contribution is 5.79. The number of alkyl halides is 3. The van der Waals surface area contributed by atoms with Crippen molar-refractivity contribution in [1.29, 1.82) is 0 Å². The molecule has 1 aromatic rings. The molecule has 3 rings (SSSR count). The summed E-state index contributed by atoms with van der Waals surface area (Å²) in [6, 6.07) is 2.29. The summed E-state index contributed by atoms with van der Waals surface area (Å²) in [7, 11) is 0. The van der Waals surface area contributed by atoms with E-state index >= 15 is 0 Å². The first-order valence-corrected chi connectivity index (χ1v) is 7.90. The average molecular weight is 328 g/mol. The molecule has 0 atom stereocenters. The van der Waals surface area contributed by atoms with Gasteiger partial charge in [0.1, 0.15) is 0 Å². The van der Waals surface area contributed by atoms with Crippen LogP contribution in [0.4, 0.5) is 19.0 Å². The first-order chi connectivity index (χ1) is 10.9. The van der Waals surface area contributed by atoms with E-state index in [0.717, 1.165) is 32.0 Å². The van der Waals surface area contributed by atoms with Crippen LogP contribution in [0.25, 0.3) is 0 Å². The van der Waals surface area contributed by atoms with E-state index in [2.05, 4.69) is 10.2 Å². The number of likely N-dealkylation sites (tertiary alicyclic amines) is 1. The number of hydrogen-bond acceptors (Lipinski definition) is 4. The van der Waals surface area contributed by atoms with Gasteiger partial charge in [-0.2, -0.15) is 13.2 Å². The minimum absolute atomic E-state index is 0.0201. The topological polar surface area (TPSA) is 49.3 Å². The fourth-order valence-corrected chi connectivity index (χ4v) is 3.20. The molecule has 2 saturated heterocycles. The maximum atomic E-state index is 12.5. The van der Waals surface area contributed by atoms with Gasteiger partial charge in [-0.25, -0.2) is 0 Å². The number of rotatable bonds is 2. The van der Waals surface area contributed by atoms with E-state index in [1.54, 1.807) is 0 Å². The van der Waals surface area contributed by atoms with Gasteiger partial charge in [0.05, 0.1) is 0 Å². The van der Waals surface area contributed by atoms with Gasteiger partial charge in [-0.05, 0) is 37.8 Å². The zero-order valence-electron chi connectivity index (χ0n) is 12.7. The summed E-state index contributed by atoms with van der Waals surface area (Å²) in [5, 5.41) is 6.93. The van der Waals surface area contributed by atoms with Crippen molar-refractivity contribution in [2.45, 2.75) is 31.9 Å². The van der Waals surface area contributed by atoms with Gasteiger partial charge >= 0.3 is 6.18 Å². The maximum Gasteiger partial charge on any atom is 0.435 e. The smallest absolute Gasteiger partial charge is 0.355 e. The Morgan fingerprint density at radius 2 is 1.70 bits per heavy atom. The molecule has 2 fully saturated rings. The normalized spacial score (nSPS) is 20.1. The fraction of sp³-hybridized carbons (Fsp3) is 0.667. The predicted octanol–water partition coefficient (Wildman–Crippen LogP) is 2.33. The first-order valence-electron chi connectivity index (χ1n) is 7.90. The molecule has 0 aromatic carbocycles. The van der Waals surface area contributed by atoms with Crippen LogP contribution in [0.15, 0.2) is 12.1 Å². The molecule has 3 heterocycles. The number of piperidine rings is 1. The molecular formula is C15H19F3N4O. The molecule has 126 valence electrons. The van der Waals surface area contributed by atoms with Crippen LogP contribution in [0.3, 0.4) is 0 Å². The van der Waals surface area contributed by atoms with Crippen LogP contribution in [-0.4, -0.2) is 47.2 Å². The molecule has 1 amide bonds. The monoisotopic (exact) mass is 328 g/mol. The van der Waals surface area contributed by atoms with Gasteiger partial charge in [0.2, 0.25) is 5.91 Å². The van der Waals surface area contributed by atoms with Gasteiger partial charge in [0, 0.05) is 32.1 Å². The Balaban J connectivity index is 1.57. The Morgan fingerprint density at radius 3 is 2.22 bits per heavy atom. The van der Waals surface area contributed by atoms with Gasteiger partial charge < -0.3 is 9.80 Å². The van der Waals surface area contributed by atoms with Crippen molar-refractivity contribution in [3.63, 3.8) is 0 Å². The number of anilines is 1. The Morgan fingerprint density at radius 1 is 1.04 bits per heavy atom. The number of halogens is 3. The van der Waals surface area contributed by atoms with Crippen LogP contribution < -0.4 is 4.90 Å². The van der Waals surface area contributed by atoms with Crippen molar-refractivity contribution in [2.75, 3.05) is 31.1 Å². The van der Waals surface area contributed by atoms with E-state index in [1.165, 1.54) is 6.07 Å². The minimum Gasteiger partial charge on any atom is -0.355 e. The summed E-state index contributed by atoms with van der Waals surface area (Å²) in [6.07, 6.45) is -0.909. The third-order valence-electron chi connectivity index (χ3n) is 4.53. The summed E-state index contributed by atoms with van der Waals surface area (Å²) < 4.78 is 37.5. The molecule has 0 aliphatic carbocycles. The molecule has 0 radical (unpaired) electrons. The molecule has 0 bridgehead atoms. The second kappa shape index (κ2) is 6.33. The van der Waals surface area contributed by atoms with Crippen molar-refractivity contribution in [2.24, 2.45) is 5.92 Å². The predicted molar refractivity (Wildman–Crippen MR) is 77.8 cm³/mol. The third kappa shape index (κ3) is 3.56. The Kier molecular flexibility index (Phi) is 4.41. The third-order valence-corrected chi connectivity index (χ3v) is 4.53. The van der Waals surface area contributed by atoms with E-state index in [4.69, 9.17) is 0 Å². The van der Waals surface area contributed by atoms with Gasteiger partial charge in [0.25, 0.3) is 0 Å². The van der Waals surface area contributed by atoms with E-state index in [0.29, 0.717) is 31.7 Å². The minimum atomic E-state index is -4.47. The highest BCUT2D eigenvalue weighted by Crippen LogP contribution is 2.29. The zero-order valence-corrected chi connectivity index (χ0v) is 12.7. The highest BCUT2D eigenvalue weighted by Gasteiger charge is 2.34. The van der Waals surface area contributed by atoms with Crippen LogP contribution >= 0.6 is 0 Å². The van der Waals surface area contributed by atoms with Gasteiger partial charge in [-0.15, -0.1) is 10.2 Å². The maximum absolute atomic E-state index is 12.5. The van der Waals surface area contributed by atoms with E-state index < -0.39 is 11.9 Å². The Bertz CT molecular complexity index is 547. The number of aromatic nitrogens is 2. The second-order valence-electron chi connectivity index (χ2n) is 6.07. The molecule has 0 N–H and O–H groups in total. The molecular weight excluding hydrogens is 309 g/mol. The van der Waals surface area contributed by atoms with Crippen LogP contribution in [0.2, 0.25) is 0 Å². The van der Waals surface area contributed by atoms with Crippen molar-refractivity contribution in [3.8, 4) is 0 Å². The Hall–Kier alpha value is -1.86. The SMILES string of the molecule is O=C(C1CCN(c2ccc(C(F)(F)F)nn2)CC1)N1CCCC1. The quantitative estimate of drug-likeness (QED) is 0.836. The summed E-state index contributed by atoms with van der Waals surface area (Å²) in [5.41, 5.74) is -0.986. The number of carbonyl (C=O) groups excluding carboxylic acids is 1. The molecule has 5 nitrogen and oxygen atoms in total. The summed E-state index contributed by atoms with van der Waals surface area (Å²) in [6.45, 7) is 2.93. The molecule has 1 aromatic heterocycles. The van der Waals surface area contributed by atoms with E-state index in [-0.39, 0.29) is 11.8 Å². The highest BCUT2D eigenvalue weighted by atomic mass is 19.4. The Labute approximate surface area is 132 Å². The lowest BCUT2D eigenvalue weighted by Crippen LogP contribution is -2.42. The van der Waals surface area contributed by atoms with Gasteiger partial charge in [-0.1, -0.05) is 0 Å². The lowest BCUT2D eigenvalue weighted by Gasteiger charge is -2.33. The number of carbonyl (C=O) groups is 1. The number of nitrogens with zero attached hydrogens (tertiary/aromatic N) is 4. The van der Waals surface area contributed by atoms with Gasteiger partial charge in [-0.3, -0.25) is 4.79 Å². The molecule has 0 saturated carbocycles. The summed E-state index contributed by atoms with van der Waals surface area (Å²) >= 11 is 0. The lowest BCUT2D eigenvalue weighted by atomic mass is 9.95. The van der Waals surface area contributed by atoms with Crippen LogP contribution in [-0.2, 0) is 11.0 Å². The zero-order chi connectivity index (χ0) is 16.4. The van der Waals surface area contributed by atoms with Crippen LogP contribution in [0, 0.1) is 5.92 Å². The van der Waals surface area contributed by atoms with Crippen molar-refractivity contribution < 1.29 is 18.0 Å². The number of hydrogen-bond donors (Lipinski definition) is 0. The molecule has 0 unspecified atom stereocenters. The molecule has 2 aliphatic rings. The molecule has 0 spiro atoms. The van der Waals surface area contributed by atoms with Crippen molar-refractivity contribution in [1.82, 2.24) is 15.1 Å². The van der Waals surface area contributed by atoms with Crippen molar-refractivity contribution in [3.05, 3.63) is 17.8 Å². The van der Waals surface area contributed by atoms with Crippen LogP contribution in [0.1, 0.15) is 31.4 Å². The largest absolute Gasteiger partial charge is 0.435 e. The summed E-state index contributed by atoms with van der Waals surface area (Å²) in [5.74, 6) is 0.678. The lowest BCUT2D eigenvalue weighted by molar-refractivity contribution is -0.141. The fourth-order valence-electron chi connectivity index (χ4n) is 3.20. The molecule has 8 heteroatoms. The van der Waals surface area contributed by atoms with E-state index in [1.807, 2.05) is 9.80 Å². The molecule has 23 heavy (non-hydrogen) atoms.